The Labute approximate surface area is 142 Å². The highest BCUT2D eigenvalue weighted by molar-refractivity contribution is 7.71. The average Bonchev–Trinajstić information content (AvgIpc) is 2.86. The van der Waals surface area contributed by atoms with E-state index >= 15 is 0 Å². The number of hydrogen-bond donors (Lipinski definition) is 1. The maximum atomic E-state index is 6.02. The Morgan fingerprint density at radius 2 is 1.82 bits per heavy atom. The second-order valence-electron chi connectivity index (χ2n) is 4.47. The summed E-state index contributed by atoms with van der Waals surface area (Å²) in [6.45, 7) is 0. The predicted octanol–water partition coefficient (Wildman–Crippen LogP) is 4.80. The molecule has 1 heterocycles. The molecule has 0 amide bonds. The van der Waals surface area contributed by atoms with E-state index in [-0.39, 0.29) is 0 Å². The number of H-pyrrole nitrogens is 1. The van der Waals surface area contributed by atoms with Gasteiger partial charge in [0, 0.05) is 15.6 Å². The Kier molecular flexibility index (Phi) is 4.38. The van der Waals surface area contributed by atoms with Crippen LogP contribution >= 0.6 is 35.4 Å². The first kappa shape index (κ1) is 15.0. The smallest absolute Gasteiger partial charge is 0.216 e. The summed E-state index contributed by atoms with van der Waals surface area (Å²) < 4.78 is 1.94. The predicted molar refractivity (Wildman–Crippen MR) is 92.3 cm³/mol. The standard InChI is InChI=1S/C15H10Cl2N4S/c16-12-5-1-3-10(7-12)9-18-21-14(19-20-15(21)22)11-4-2-6-13(17)8-11/h1-9H,(H,20,22)/b18-9-. The number of benzene rings is 2. The van der Waals surface area contributed by atoms with E-state index in [4.69, 9.17) is 35.4 Å². The van der Waals surface area contributed by atoms with Gasteiger partial charge < -0.3 is 0 Å². The van der Waals surface area contributed by atoms with Crippen molar-refractivity contribution in [3.63, 3.8) is 0 Å². The summed E-state index contributed by atoms with van der Waals surface area (Å²) in [6.07, 6.45) is 1.67. The van der Waals surface area contributed by atoms with Crippen LogP contribution in [0.25, 0.3) is 11.4 Å². The molecule has 7 heteroatoms. The first-order valence-corrected chi connectivity index (χ1v) is 7.53. The van der Waals surface area contributed by atoms with Gasteiger partial charge in [-0.25, -0.2) is 5.10 Å². The molecule has 1 N–H and O–H groups in total. The zero-order valence-corrected chi connectivity index (χ0v) is 13.5. The fourth-order valence-electron chi connectivity index (χ4n) is 1.92. The van der Waals surface area contributed by atoms with Crippen LogP contribution < -0.4 is 0 Å². The summed E-state index contributed by atoms with van der Waals surface area (Å²) in [5.41, 5.74) is 1.69. The molecule has 0 aliphatic rings. The summed E-state index contributed by atoms with van der Waals surface area (Å²) >= 11 is 17.2. The van der Waals surface area contributed by atoms with E-state index in [1.54, 1.807) is 29.1 Å². The minimum absolute atomic E-state index is 0.397. The molecule has 0 aliphatic heterocycles. The van der Waals surface area contributed by atoms with Gasteiger partial charge in [0.05, 0.1) is 6.21 Å². The van der Waals surface area contributed by atoms with Crippen LogP contribution in [-0.4, -0.2) is 21.1 Å². The molecular formula is C15H10Cl2N4S. The van der Waals surface area contributed by atoms with Gasteiger partial charge in [-0.15, -0.1) is 0 Å². The third-order valence-electron chi connectivity index (χ3n) is 2.90. The molecule has 0 saturated carbocycles. The Balaban J connectivity index is 2.01. The first-order valence-electron chi connectivity index (χ1n) is 6.37. The van der Waals surface area contributed by atoms with E-state index in [9.17, 15) is 0 Å². The number of aromatic amines is 1. The summed E-state index contributed by atoms with van der Waals surface area (Å²) in [5, 5.41) is 12.6. The molecular weight excluding hydrogens is 339 g/mol. The van der Waals surface area contributed by atoms with Crippen molar-refractivity contribution in [3.05, 3.63) is 68.9 Å². The molecule has 22 heavy (non-hydrogen) atoms. The Hall–Kier alpha value is -1.95. The molecule has 0 fully saturated rings. The number of nitrogens with one attached hydrogen (secondary N) is 1. The highest BCUT2D eigenvalue weighted by Gasteiger charge is 2.08. The number of rotatable bonds is 3. The van der Waals surface area contributed by atoms with Crippen LogP contribution in [0.3, 0.4) is 0 Å². The van der Waals surface area contributed by atoms with Crippen molar-refractivity contribution in [2.75, 3.05) is 0 Å². The third-order valence-corrected chi connectivity index (χ3v) is 3.64. The summed E-state index contributed by atoms with van der Waals surface area (Å²) in [5.74, 6) is 0.589. The van der Waals surface area contributed by atoms with E-state index in [1.165, 1.54) is 0 Å². The molecule has 2 aromatic carbocycles. The van der Waals surface area contributed by atoms with E-state index < -0.39 is 0 Å². The highest BCUT2D eigenvalue weighted by Crippen LogP contribution is 2.21. The van der Waals surface area contributed by atoms with Crippen molar-refractivity contribution >= 4 is 41.6 Å². The second-order valence-corrected chi connectivity index (χ2v) is 5.73. The lowest BCUT2D eigenvalue weighted by molar-refractivity contribution is 0.871. The number of nitrogens with zero attached hydrogens (tertiary/aromatic N) is 3. The molecule has 0 spiro atoms. The molecule has 0 radical (unpaired) electrons. The van der Waals surface area contributed by atoms with E-state index in [2.05, 4.69) is 15.3 Å². The molecule has 0 atom stereocenters. The molecule has 1 aromatic heterocycles. The van der Waals surface area contributed by atoms with Crippen LogP contribution in [0.2, 0.25) is 10.0 Å². The lowest BCUT2D eigenvalue weighted by atomic mass is 10.2. The van der Waals surface area contributed by atoms with Gasteiger partial charge in [-0.05, 0) is 42.0 Å². The van der Waals surface area contributed by atoms with Crippen LogP contribution in [0, 0.1) is 4.77 Å². The lowest BCUT2D eigenvalue weighted by Gasteiger charge is -2.01. The van der Waals surface area contributed by atoms with E-state index in [0.717, 1.165) is 11.1 Å². The molecule has 110 valence electrons. The Morgan fingerprint density at radius 1 is 1.09 bits per heavy atom. The van der Waals surface area contributed by atoms with Crippen molar-refractivity contribution in [3.8, 4) is 11.4 Å². The van der Waals surface area contributed by atoms with Crippen LogP contribution in [0.1, 0.15) is 5.56 Å². The highest BCUT2D eigenvalue weighted by atomic mass is 35.5. The van der Waals surface area contributed by atoms with Crippen LogP contribution in [-0.2, 0) is 0 Å². The van der Waals surface area contributed by atoms with E-state index in [1.807, 2.05) is 30.3 Å². The van der Waals surface area contributed by atoms with Gasteiger partial charge in [-0.3, -0.25) is 0 Å². The normalized spacial score (nSPS) is 11.2. The molecule has 0 unspecified atom stereocenters. The Bertz CT molecular complexity index is 898. The van der Waals surface area contributed by atoms with E-state index in [0.29, 0.717) is 20.6 Å². The van der Waals surface area contributed by atoms with Crippen LogP contribution in [0.15, 0.2) is 53.6 Å². The quantitative estimate of drug-likeness (QED) is 0.545. The molecule has 3 rings (SSSR count). The number of hydrogen-bond acceptors (Lipinski definition) is 3. The fraction of sp³-hybridized carbons (Fsp3) is 0. The summed E-state index contributed by atoms with van der Waals surface area (Å²) in [7, 11) is 0. The molecule has 4 nitrogen and oxygen atoms in total. The van der Waals surface area contributed by atoms with Crippen molar-refractivity contribution < 1.29 is 0 Å². The minimum Gasteiger partial charge on any atom is -0.250 e. The minimum atomic E-state index is 0.397. The first-order chi connectivity index (χ1) is 10.6. The van der Waals surface area contributed by atoms with Crippen molar-refractivity contribution in [1.82, 2.24) is 14.9 Å². The third kappa shape index (κ3) is 3.27. The average molecular weight is 349 g/mol. The van der Waals surface area contributed by atoms with Gasteiger partial charge in [0.2, 0.25) is 4.77 Å². The van der Waals surface area contributed by atoms with Crippen molar-refractivity contribution in [2.24, 2.45) is 5.10 Å². The van der Waals surface area contributed by atoms with Gasteiger partial charge in [-0.2, -0.15) is 14.9 Å². The van der Waals surface area contributed by atoms with Gasteiger partial charge in [-0.1, -0.05) is 47.5 Å². The maximum Gasteiger partial charge on any atom is 0.216 e. The molecule has 3 aromatic rings. The van der Waals surface area contributed by atoms with Crippen molar-refractivity contribution in [1.29, 1.82) is 0 Å². The molecule has 0 bridgehead atoms. The number of halogens is 2. The molecule has 0 aliphatic carbocycles. The number of aromatic nitrogens is 3. The zero-order chi connectivity index (χ0) is 15.5. The summed E-state index contributed by atoms with van der Waals surface area (Å²) in [6, 6.07) is 14.7. The summed E-state index contributed by atoms with van der Waals surface area (Å²) in [4.78, 5) is 0. The Morgan fingerprint density at radius 3 is 2.55 bits per heavy atom. The second kappa shape index (κ2) is 6.44. The lowest BCUT2D eigenvalue weighted by Crippen LogP contribution is -1.95. The zero-order valence-electron chi connectivity index (χ0n) is 11.2. The largest absolute Gasteiger partial charge is 0.250 e. The monoisotopic (exact) mass is 348 g/mol. The van der Waals surface area contributed by atoms with Gasteiger partial charge in [0.25, 0.3) is 0 Å². The fourth-order valence-corrected chi connectivity index (χ4v) is 2.49. The van der Waals surface area contributed by atoms with Gasteiger partial charge >= 0.3 is 0 Å². The molecule has 0 saturated heterocycles. The van der Waals surface area contributed by atoms with Gasteiger partial charge in [0.1, 0.15) is 0 Å². The van der Waals surface area contributed by atoms with Crippen molar-refractivity contribution in [2.45, 2.75) is 0 Å². The van der Waals surface area contributed by atoms with Crippen LogP contribution in [0.5, 0.6) is 0 Å². The maximum absolute atomic E-state index is 6.02. The SMILES string of the molecule is S=c1[nH]nc(-c2cccc(Cl)c2)n1/N=C\c1cccc(Cl)c1. The van der Waals surface area contributed by atoms with Gasteiger partial charge in [0.15, 0.2) is 5.82 Å². The topological polar surface area (TPSA) is 46.0 Å². The van der Waals surface area contributed by atoms with Crippen LogP contribution in [0.4, 0.5) is 0 Å².